The van der Waals surface area contributed by atoms with Crippen molar-refractivity contribution in [3.05, 3.63) is 139 Å². The molecule has 2 aliphatic carbocycles. The van der Waals surface area contributed by atoms with Crippen LogP contribution in [0.15, 0.2) is 88.9 Å². The van der Waals surface area contributed by atoms with Gasteiger partial charge in [0.15, 0.2) is 0 Å². The first-order valence-corrected chi connectivity index (χ1v) is 19.4. The predicted molar refractivity (Wildman–Crippen MR) is 185 cm³/mol. The van der Waals surface area contributed by atoms with Crippen LogP contribution in [0.4, 0.5) is 17.1 Å². The molecule has 2 unspecified atom stereocenters. The third-order valence-corrected chi connectivity index (χ3v) is 13.6. The Kier molecular flexibility index (Phi) is 6.69. The molecular weight excluding hydrogens is 764 g/mol. The van der Waals surface area contributed by atoms with Crippen LogP contribution >= 0.6 is 34.8 Å². The topological polar surface area (TPSA) is 50.5 Å². The van der Waals surface area contributed by atoms with Gasteiger partial charge in [0.25, 0.3) is 0 Å². The molecule has 47 heavy (non-hydrogen) atoms. The number of halogens is 4. The molecule has 0 radical (unpaired) electrons. The van der Waals surface area contributed by atoms with Gasteiger partial charge >= 0.3 is 192 Å². The number of carbonyl (C=O) groups is 2. The first-order chi connectivity index (χ1) is 22.6. The minimum atomic E-state index is -0.382. The van der Waals surface area contributed by atoms with Gasteiger partial charge in [-0.25, -0.2) is 0 Å². The molecule has 3 heterocycles. The standard InChI is InChI=1S/C39H26Cl3INO3/c1-39(2)24-10-6-7-11-27(24)44(20-8-4-3-5-9-20)28-17-30-22(16-25(28)39)21-13-12-19(15-29(21)47-30)14-23-37(45)32-31(26-18-43-26)34(40)36(42)35(41)33(32)38(23)46/h3-14,16-17,19,26H,15,18H2,1-2H3/q-1/b23-14-. The Labute approximate surface area is 297 Å². The zero-order valence-electron chi connectivity index (χ0n) is 25.3. The SMILES string of the molecule is CC1(C)c2ccccc2N(c2ccccc2)c2cc3oc4c(c3cc21)C=CC(/C=C1\C(=O)c2c(Cl)c(Cl)c(Cl)c(C3C[I-]3)c2C1=O)C4. The Morgan fingerprint density at radius 1 is 0.872 bits per heavy atom. The van der Waals surface area contributed by atoms with E-state index in [1.807, 2.05) is 6.07 Å². The number of ketones is 2. The van der Waals surface area contributed by atoms with E-state index in [2.05, 4.69) is 91.6 Å². The van der Waals surface area contributed by atoms with Crippen LogP contribution in [-0.2, 0) is 11.8 Å². The number of hydrogen-bond donors (Lipinski definition) is 0. The number of allylic oxidation sites excluding steroid dienone is 3. The zero-order valence-corrected chi connectivity index (χ0v) is 29.8. The van der Waals surface area contributed by atoms with Gasteiger partial charge in [0.2, 0.25) is 0 Å². The average molecular weight is 790 g/mol. The fourth-order valence-electron chi connectivity index (χ4n) is 7.52. The van der Waals surface area contributed by atoms with Crippen LogP contribution in [0.2, 0.25) is 15.1 Å². The Morgan fingerprint density at radius 3 is 2.36 bits per heavy atom. The van der Waals surface area contributed by atoms with E-state index in [1.54, 1.807) is 6.08 Å². The maximum absolute atomic E-state index is 13.8. The van der Waals surface area contributed by atoms with Crippen molar-refractivity contribution in [2.24, 2.45) is 5.92 Å². The molecule has 4 nitrogen and oxygen atoms in total. The van der Waals surface area contributed by atoms with Gasteiger partial charge in [-0.2, -0.15) is 0 Å². The Morgan fingerprint density at radius 2 is 1.60 bits per heavy atom. The first-order valence-electron chi connectivity index (χ1n) is 15.5. The number of para-hydroxylation sites is 2. The number of fused-ring (bicyclic) bond motifs is 6. The van der Waals surface area contributed by atoms with Crippen molar-refractivity contribution < 1.29 is 35.2 Å². The summed E-state index contributed by atoms with van der Waals surface area (Å²) >= 11 is 19.5. The summed E-state index contributed by atoms with van der Waals surface area (Å²) in [6.45, 7) is 4.56. The predicted octanol–water partition coefficient (Wildman–Crippen LogP) is 7.84. The number of alkyl halides is 2. The molecule has 2 aliphatic heterocycles. The van der Waals surface area contributed by atoms with E-state index in [4.69, 9.17) is 39.2 Å². The van der Waals surface area contributed by atoms with Crippen LogP contribution in [0.3, 0.4) is 0 Å². The quantitative estimate of drug-likeness (QED) is 0.0615. The maximum atomic E-state index is 13.8. The molecule has 1 saturated heterocycles. The number of carbonyl (C=O) groups excluding carboxylic acids is 2. The van der Waals surface area contributed by atoms with E-state index in [1.165, 1.54) is 11.1 Å². The monoisotopic (exact) mass is 788 g/mol. The van der Waals surface area contributed by atoms with E-state index >= 15 is 0 Å². The van der Waals surface area contributed by atoms with Gasteiger partial charge in [0, 0.05) is 11.1 Å². The second-order valence-corrected chi connectivity index (χ2v) is 17.4. The van der Waals surface area contributed by atoms with Crippen LogP contribution < -0.4 is 26.1 Å². The van der Waals surface area contributed by atoms with Crippen LogP contribution in [0.5, 0.6) is 0 Å². The van der Waals surface area contributed by atoms with Crippen LogP contribution in [0, 0.1) is 5.92 Å². The Balaban J connectivity index is 1.12. The van der Waals surface area contributed by atoms with E-state index in [-0.39, 0.29) is 69.2 Å². The number of Topliss-reactive ketones (excluding diaryl/α,β-unsaturated/α-hetero) is 2. The van der Waals surface area contributed by atoms with Gasteiger partial charge in [-0.1, -0.05) is 50.2 Å². The molecule has 8 heteroatoms. The average Bonchev–Trinajstić information content (AvgIpc) is 3.80. The second-order valence-electron chi connectivity index (χ2n) is 13.0. The number of furan rings is 1. The van der Waals surface area contributed by atoms with Crippen LogP contribution in [0.1, 0.15) is 66.5 Å². The van der Waals surface area contributed by atoms with Crippen molar-refractivity contribution in [2.45, 2.75) is 29.6 Å². The molecule has 234 valence electrons. The third kappa shape index (κ3) is 4.32. The fourth-order valence-corrected chi connectivity index (χ4v) is 10.3. The van der Waals surface area contributed by atoms with Crippen molar-refractivity contribution >= 4 is 80.5 Å². The van der Waals surface area contributed by atoms with Gasteiger partial charge in [-0.05, 0) is 29.3 Å². The zero-order chi connectivity index (χ0) is 32.4. The number of benzene rings is 4. The molecule has 2 atom stereocenters. The molecule has 4 aromatic carbocycles. The van der Waals surface area contributed by atoms with Gasteiger partial charge < -0.3 is 4.90 Å². The number of nitrogens with zero attached hydrogens (tertiary/aromatic N) is 1. The van der Waals surface area contributed by atoms with Crippen molar-refractivity contribution in [1.29, 1.82) is 0 Å². The molecule has 0 saturated carbocycles. The summed E-state index contributed by atoms with van der Waals surface area (Å²) in [6.07, 6.45) is 6.41. The Bertz CT molecular complexity index is 2300. The summed E-state index contributed by atoms with van der Waals surface area (Å²) in [4.78, 5) is 29.8. The molecule has 0 amide bonds. The molecule has 1 fully saturated rings. The number of hydrogen-bond acceptors (Lipinski definition) is 4. The number of anilines is 3. The van der Waals surface area contributed by atoms with Gasteiger partial charge in [0.05, 0.1) is 11.4 Å². The summed E-state index contributed by atoms with van der Waals surface area (Å²) in [5.41, 5.74) is 8.79. The number of rotatable bonds is 3. The van der Waals surface area contributed by atoms with Gasteiger partial charge in [-0.15, -0.1) is 0 Å². The van der Waals surface area contributed by atoms with Crippen molar-refractivity contribution in [3.63, 3.8) is 0 Å². The fraction of sp³-hybridized carbons (Fsp3) is 0.179. The first kappa shape index (κ1) is 29.8. The summed E-state index contributed by atoms with van der Waals surface area (Å²) in [5.74, 6) is -0.0715. The van der Waals surface area contributed by atoms with E-state index < -0.39 is 0 Å². The third-order valence-electron chi connectivity index (χ3n) is 9.91. The molecule has 1 aromatic heterocycles. The second kappa shape index (κ2) is 10.6. The van der Waals surface area contributed by atoms with Gasteiger partial charge in [0.1, 0.15) is 0 Å². The molecule has 5 aromatic rings. The molecule has 4 aliphatic rings. The van der Waals surface area contributed by atoms with Crippen LogP contribution in [0.25, 0.3) is 17.0 Å². The minimum absolute atomic E-state index is 0.0633. The van der Waals surface area contributed by atoms with Crippen molar-refractivity contribution in [2.75, 3.05) is 9.33 Å². The molecule has 0 spiro atoms. The normalized spacial score (nSPS) is 21.4. The molecular formula is C39H26Cl3INO3-. The Hall–Kier alpha value is -3.36. The summed E-state index contributed by atoms with van der Waals surface area (Å²) in [7, 11) is 0. The summed E-state index contributed by atoms with van der Waals surface area (Å²) in [5, 5.41) is 1.58. The summed E-state index contributed by atoms with van der Waals surface area (Å²) < 4.78 is 7.83. The summed E-state index contributed by atoms with van der Waals surface area (Å²) in [6, 6.07) is 23.4. The van der Waals surface area contributed by atoms with Crippen LogP contribution in [-0.4, -0.2) is 16.0 Å². The molecule has 0 N–H and O–H groups in total. The van der Waals surface area contributed by atoms with Crippen molar-refractivity contribution in [3.8, 4) is 0 Å². The van der Waals surface area contributed by atoms with Gasteiger partial charge in [-0.3, -0.25) is 0 Å². The molecule has 0 bridgehead atoms. The molecule has 9 rings (SSSR count). The van der Waals surface area contributed by atoms with Crippen molar-refractivity contribution in [1.82, 2.24) is 0 Å². The van der Waals surface area contributed by atoms with E-state index in [0.717, 1.165) is 43.8 Å². The van der Waals surface area contributed by atoms with E-state index in [0.29, 0.717) is 22.6 Å². The van der Waals surface area contributed by atoms with E-state index in [9.17, 15) is 9.59 Å².